The summed E-state index contributed by atoms with van der Waals surface area (Å²) in [6.45, 7) is 1.68. The Labute approximate surface area is 172 Å². The van der Waals surface area contributed by atoms with Crippen molar-refractivity contribution in [1.29, 1.82) is 0 Å². The topological polar surface area (TPSA) is 80.5 Å². The standard InChI is InChI=1S/C21H21ClN6O/c22-20-17(7-8-18-21(20)26-28(18)10-15-1-2-15)16-5-3-14(4-6-16)9-24-19(29)11-27-13-23-12-25-27/h3-8,12-13,15,26H,1-2,9-11H2,(H,24,29). The van der Waals surface area contributed by atoms with Gasteiger partial charge in [-0.15, -0.1) is 0 Å². The van der Waals surface area contributed by atoms with Crippen molar-refractivity contribution in [3.8, 4) is 11.1 Å². The minimum absolute atomic E-state index is 0.105. The average Bonchev–Trinajstić information content (AvgIpc) is 3.40. The van der Waals surface area contributed by atoms with Gasteiger partial charge < -0.3 is 5.32 Å². The molecule has 1 saturated carbocycles. The van der Waals surface area contributed by atoms with Gasteiger partial charge in [0, 0.05) is 18.7 Å². The highest BCUT2D eigenvalue weighted by molar-refractivity contribution is 6.37. The van der Waals surface area contributed by atoms with E-state index in [2.05, 4.69) is 37.3 Å². The molecular formula is C21H21ClN6O. The smallest absolute Gasteiger partial charge is 0.242 e. The van der Waals surface area contributed by atoms with E-state index in [1.165, 1.54) is 35.7 Å². The minimum Gasteiger partial charge on any atom is -0.350 e. The molecule has 0 aliphatic heterocycles. The van der Waals surface area contributed by atoms with Crippen LogP contribution in [0, 0.1) is 5.92 Å². The molecular weight excluding hydrogens is 388 g/mol. The number of amides is 1. The van der Waals surface area contributed by atoms with E-state index < -0.39 is 0 Å². The number of benzene rings is 2. The number of hydrogen-bond acceptors (Lipinski definition) is 3. The molecule has 4 aromatic rings. The molecule has 1 aliphatic rings. The zero-order valence-electron chi connectivity index (χ0n) is 15.8. The number of nitrogens with one attached hydrogen (secondary N) is 2. The highest BCUT2D eigenvalue weighted by atomic mass is 35.5. The van der Waals surface area contributed by atoms with Crippen molar-refractivity contribution in [3.05, 3.63) is 59.6 Å². The second kappa shape index (κ2) is 7.40. The van der Waals surface area contributed by atoms with Crippen molar-refractivity contribution in [3.63, 3.8) is 0 Å². The van der Waals surface area contributed by atoms with Gasteiger partial charge in [-0.3, -0.25) is 14.6 Å². The summed E-state index contributed by atoms with van der Waals surface area (Å²) >= 11 is 6.65. The van der Waals surface area contributed by atoms with Gasteiger partial charge in [-0.2, -0.15) is 5.10 Å². The largest absolute Gasteiger partial charge is 0.350 e. The van der Waals surface area contributed by atoms with E-state index in [1.807, 2.05) is 24.3 Å². The summed E-state index contributed by atoms with van der Waals surface area (Å²) in [6, 6.07) is 12.3. The van der Waals surface area contributed by atoms with Crippen molar-refractivity contribution >= 4 is 28.5 Å². The fourth-order valence-corrected chi connectivity index (χ4v) is 3.80. The van der Waals surface area contributed by atoms with E-state index in [0.29, 0.717) is 6.54 Å². The van der Waals surface area contributed by atoms with Gasteiger partial charge in [0.15, 0.2) is 0 Å². The monoisotopic (exact) mass is 408 g/mol. The van der Waals surface area contributed by atoms with E-state index >= 15 is 0 Å². The van der Waals surface area contributed by atoms with Crippen molar-refractivity contribution in [2.24, 2.45) is 5.92 Å². The van der Waals surface area contributed by atoms with Gasteiger partial charge in [0.25, 0.3) is 0 Å². The Morgan fingerprint density at radius 1 is 1.21 bits per heavy atom. The van der Waals surface area contributed by atoms with Gasteiger partial charge in [0.1, 0.15) is 19.2 Å². The lowest BCUT2D eigenvalue weighted by atomic mass is 10.0. The maximum absolute atomic E-state index is 12.0. The quantitative estimate of drug-likeness (QED) is 0.490. The third kappa shape index (κ3) is 3.78. The molecule has 0 spiro atoms. The lowest BCUT2D eigenvalue weighted by molar-refractivity contribution is -0.122. The minimum atomic E-state index is -0.105. The Kier molecular flexibility index (Phi) is 4.60. The number of fused-ring (bicyclic) bond motifs is 1. The van der Waals surface area contributed by atoms with E-state index in [0.717, 1.165) is 39.7 Å². The average molecular weight is 409 g/mol. The van der Waals surface area contributed by atoms with Gasteiger partial charge in [-0.05, 0) is 36.0 Å². The molecule has 5 rings (SSSR count). The van der Waals surface area contributed by atoms with Crippen LogP contribution in [0.3, 0.4) is 0 Å². The van der Waals surface area contributed by atoms with Crippen LogP contribution >= 0.6 is 11.6 Å². The lowest BCUT2D eigenvalue weighted by Crippen LogP contribution is -2.27. The zero-order valence-corrected chi connectivity index (χ0v) is 16.6. The molecule has 2 aromatic heterocycles. The first-order chi connectivity index (χ1) is 14.2. The SMILES string of the molecule is O=C(Cn1cncn1)NCc1ccc(-c2ccc3c([nH]n3CC3CC3)c2Cl)cc1. The molecule has 2 heterocycles. The Hall–Kier alpha value is -3.06. The van der Waals surface area contributed by atoms with Crippen LogP contribution in [0.1, 0.15) is 18.4 Å². The van der Waals surface area contributed by atoms with E-state index in [-0.39, 0.29) is 12.5 Å². The number of halogens is 1. The molecule has 2 N–H and O–H groups in total. The second-order valence-corrected chi connectivity index (χ2v) is 7.93. The number of rotatable bonds is 7. The summed E-state index contributed by atoms with van der Waals surface area (Å²) in [6.07, 6.45) is 5.58. The lowest BCUT2D eigenvalue weighted by Gasteiger charge is -2.19. The molecule has 148 valence electrons. The summed E-state index contributed by atoms with van der Waals surface area (Å²) in [7, 11) is 0. The van der Waals surface area contributed by atoms with Gasteiger partial charge in [-0.25, -0.2) is 9.67 Å². The number of carbonyl (C=O) groups excluding carboxylic acids is 1. The van der Waals surface area contributed by atoms with Crippen LogP contribution in [0.15, 0.2) is 49.1 Å². The first-order valence-corrected chi connectivity index (χ1v) is 10.1. The fraction of sp³-hybridized carbons (Fsp3) is 0.286. The van der Waals surface area contributed by atoms with Crippen LogP contribution in [-0.4, -0.2) is 30.5 Å². The third-order valence-corrected chi connectivity index (χ3v) is 5.71. The number of hydrogen-bond donors (Lipinski definition) is 2. The molecule has 0 saturated heterocycles. The number of nitrogens with zero attached hydrogens (tertiary/aromatic N) is 4. The van der Waals surface area contributed by atoms with Gasteiger partial charge in [0.2, 0.25) is 5.91 Å². The predicted octanol–water partition coefficient (Wildman–Crippen LogP) is 3.61. The van der Waals surface area contributed by atoms with Crippen LogP contribution in [0.4, 0.5) is 0 Å². The van der Waals surface area contributed by atoms with Crippen molar-refractivity contribution in [2.75, 3.05) is 0 Å². The first kappa shape index (κ1) is 18.0. The third-order valence-electron chi connectivity index (χ3n) is 5.32. The maximum atomic E-state index is 12.0. The molecule has 29 heavy (non-hydrogen) atoms. The Balaban J connectivity index is 1.25. The molecule has 0 radical (unpaired) electrons. The Morgan fingerprint density at radius 2 is 2.03 bits per heavy atom. The molecule has 7 nitrogen and oxygen atoms in total. The van der Waals surface area contributed by atoms with Crippen LogP contribution in [0.25, 0.3) is 22.2 Å². The normalized spacial score (nSPS) is 13.8. The number of H-pyrrole nitrogens is 1. The Bertz CT molecular complexity index is 1140. The fourth-order valence-electron chi connectivity index (χ4n) is 3.49. The highest BCUT2D eigenvalue weighted by Crippen LogP contribution is 2.37. The van der Waals surface area contributed by atoms with Crippen LogP contribution in [0.2, 0.25) is 5.02 Å². The van der Waals surface area contributed by atoms with Crippen molar-refractivity contribution in [1.82, 2.24) is 29.9 Å². The van der Waals surface area contributed by atoms with Crippen molar-refractivity contribution in [2.45, 2.75) is 32.5 Å². The van der Waals surface area contributed by atoms with Crippen molar-refractivity contribution < 1.29 is 4.79 Å². The second-order valence-electron chi connectivity index (χ2n) is 7.55. The molecule has 0 bridgehead atoms. The molecule has 0 unspecified atom stereocenters. The van der Waals surface area contributed by atoms with E-state index in [1.54, 1.807) is 0 Å². The molecule has 1 fully saturated rings. The predicted molar refractivity (Wildman–Crippen MR) is 111 cm³/mol. The summed E-state index contributed by atoms with van der Waals surface area (Å²) in [5, 5.41) is 10.9. The van der Waals surface area contributed by atoms with Gasteiger partial charge in [-0.1, -0.05) is 41.9 Å². The van der Waals surface area contributed by atoms with Crippen LogP contribution < -0.4 is 5.32 Å². The van der Waals surface area contributed by atoms with Gasteiger partial charge in [0.05, 0.1) is 16.1 Å². The Morgan fingerprint density at radius 3 is 2.76 bits per heavy atom. The molecule has 1 aliphatic carbocycles. The van der Waals surface area contributed by atoms with E-state index in [9.17, 15) is 4.79 Å². The highest BCUT2D eigenvalue weighted by Gasteiger charge is 2.24. The molecule has 2 aromatic carbocycles. The first-order valence-electron chi connectivity index (χ1n) is 9.72. The zero-order chi connectivity index (χ0) is 19.8. The van der Waals surface area contributed by atoms with Crippen LogP contribution in [-0.2, 0) is 24.4 Å². The summed E-state index contributed by atoms with van der Waals surface area (Å²) < 4.78 is 3.68. The number of aromatic amines is 1. The summed E-state index contributed by atoms with van der Waals surface area (Å²) in [5.74, 6) is 0.713. The summed E-state index contributed by atoms with van der Waals surface area (Å²) in [5.41, 5.74) is 5.27. The van der Waals surface area contributed by atoms with E-state index in [4.69, 9.17) is 11.6 Å². The van der Waals surface area contributed by atoms with Crippen LogP contribution in [0.5, 0.6) is 0 Å². The maximum Gasteiger partial charge on any atom is 0.242 e. The summed E-state index contributed by atoms with van der Waals surface area (Å²) in [4.78, 5) is 15.8. The number of aromatic nitrogens is 5. The molecule has 0 atom stereocenters. The number of carbonyl (C=O) groups is 1. The molecule has 8 heteroatoms. The van der Waals surface area contributed by atoms with Gasteiger partial charge >= 0.3 is 0 Å². The molecule has 1 amide bonds.